The maximum atomic E-state index is 14.2. The van der Waals surface area contributed by atoms with Gasteiger partial charge >= 0.3 is 12.2 Å². The molecule has 0 radical (unpaired) electrons. The van der Waals surface area contributed by atoms with Gasteiger partial charge in [0.25, 0.3) is 0 Å². The second-order valence-electron chi connectivity index (χ2n) is 12.3. The van der Waals surface area contributed by atoms with Gasteiger partial charge in [-0.25, -0.2) is 9.18 Å². The zero-order valence-electron chi connectivity index (χ0n) is 24.7. The van der Waals surface area contributed by atoms with Gasteiger partial charge in [0.2, 0.25) is 11.7 Å². The number of benzene rings is 2. The quantitative estimate of drug-likeness (QED) is 0.418. The van der Waals surface area contributed by atoms with Gasteiger partial charge in [0.1, 0.15) is 5.82 Å². The number of carbonyl (C=O) groups is 2. The summed E-state index contributed by atoms with van der Waals surface area (Å²) < 4.78 is 56.1. The molecule has 12 heteroatoms. The van der Waals surface area contributed by atoms with Crippen molar-refractivity contribution in [1.29, 1.82) is 0 Å². The Morgan fingerprint density at radius 2 is 1.66 bits per heavy atom. The molecule has 44 heavy (non-hydrogen) atoms. The molecule has 236 valence electrons. The number of anilines is 2. The number of rotatable bonds is 7. The molecule has 3 saturated heterocycles. The van der Waals surface area contributed by atoms with E-state index in [1.807, 2.05) is 30.3 Å². The molecule has 3 unspecified atom stereocenters. The van der Waals surface area contributed by atoms with Gasteiger partial charge in [0.05, 0.1) is 12.1 Å². The SMILES string of the molecule is CC(=O)N1CCC2C(C1)N=C(C(F)(F)F)N2C1C[C@H]2CC[C@@H](C1)N2CCCN(C(=O)Nc1ccc(F)cc1)c1ccccc1. The monoisotopic (exact) mass is 614 g/mol. The normalized spacial score (nSPS) is 26.8. The Labute approximate surface area is 254 Å². The third-order valence-corrected chi connectivity index (χ3v) is 9.59. The van der Waals surface area contributed by atoms with E-state index >= 15 is 0 Å². The van der Waals surface area contributed by atoms with Crippen LogP contribution in [-0.2, 0) is 4.79 Å². The number of hydrogen-bond donors (Lipinski definition) is 1. The number of piperidine rings is 2. The van der Waals surface area contributed by atoms with Crippen molar-refractivity contribution in [2.45, 2.75) is 81.8 Å². The molecule has 5 atom stereocenters. The molecule has 0 aromatic heterocycles. The summed E-state index contributed by atoms with van der Waals surface area (Å²) in [5.74, 6) is -1.29. The van der Waals surface area contributed by atoms with Crippen LogP contribution in [0, 0.1) is 5.82 Å². The van der Waals surface area contributed by atoms with E-state index in [0.29, 0.717) is 44.5 Å². The number of carbonyl (C=O) groups excluding carboxylic acids is 2. The molecule has 0 spiro atoms. The number of aliphatic imine (C=N–C) groups is 1. The van der Waals surface area contributed by atoms with Crippen LogP contribution >= 0.6 is 0 Å². The van der Waals surface area contributed by atoms with Gasteiger partial charge in [-0.1, -0.05) is 18.2 Å². The molecule has 0 aliphatic carbocycles. The third-order valence-electron chi connectivity index (χ3n) is 9.59. The first-order valence-corrected chi connectivity index (χ1v) is 15.4. The van der Waals surface area contributed by atoms with Crippen LogP contribution < -0.4 is 10.2 Å². The van der Waals surface area contributed by atoms with Crippen LogP contribution in [0.5, 0.6) is 0 Å². The van der Waals surface area contributed by atoms with Crippen LogP contribution in [0.15, 0.2) is 59.6 Å². The zero-order valence-corrected chi connectivity index (χ0v) is 24.7. The van der Waals surface area contributed by atoms with E-state index in [1.54, 1.807) is 14.7 Å². The molecule has 8 nitrogen and oxygen atoms in total. The number of nitrogens with zero attached hydrogens (tertiary/aromatic N) is 5. The first-order valence-electron chi connectivity index (χ1n) is 15.4. The highest BCUT2D eigenvalue weighted by Crippen LogP contribution is 2.42. The van der Waals surface area contributed by atoms with Crippen LogP contribution in [0.2, 0.25) is 0 Å². The van der Waals surface area contributed by atoms with Crippen LogP contribution in [0.4, 0.5) is 33.7 Å². The van der Waals surface area contributed by atoms with Crippen molar-refractivity contribution in [3.63, 3.8) is 0 Å². The lowest BCUT2D eigenvalue weighted by Crippen LogP contribution is -2.59. The number of nitrogens with one attached hydrogen (secondary N) is 1. The molecule has 6 rings (SSSR count). The second kappa shape index (κ2) is 12.4. The Bertz CT molecular complexity index is 1360. The highest BCUT2D eigenvalue weighted by Gasteiger charge is 2.54. The van der Waals surface area contributed by atoms with Crippen molar-refractivity contribution < 1.29 is 27.2 Å². The Morgan fingerprint density at radius 3 is 2.30 bits per heavy atom. The minimum atomic E-state index is -4.54. The Hall–Kier alpha value is -3.67. The first kappa shape index (κ1) is 30.4. The lowest BCUT2D eigenvalue weighted by atomic mass is 9.91. The molecular weight excluding hydrogens is 576 g/mol. The fourth-order valence-corrected chi connectivity index (χ4v) is 7.63. The molecule has 2 bridgehead atoms. The van der Waals surface area contributed by atoms with Gasteiger partial charge in [-0.2, -0.15) is 13.2 Å². The maximum Gasteiger partial charge on any atom is 0.449 e. The van der Waals surface area contributed by atoms with Crippen LogP contribution in [0.3, 0.4) is 0 Å². The topological polar surface area (TPSA) is 71.5 Å². The van der Waals surface area contributed by atoms with E-state index < -0.39 is 18.1 Å². The van der Waals surface area contributed by atoms with Crippen LogP contribution in [-0.4, -0.2) is 95.0 Å². The lowest BCUT2D eigenvalue weighted by Gasteiger charge is -2.47. The van der Waals surface area contributed by atoms with Gasteiger partial charge in [-0.05, 0) is 74.9 Å². The fraction of sp³-hybridized carbons (Fsp3) is 0.531. The molecule has 4 aliphatic rings. The first-order chi connectivity index (χ1) is 21.1. The predicted molar refractivity (Wildman–Crippen MR) is 160 cm³/mol. The second-order valence-corrected chi connectivity index (χ2v) is 12.3. The third kappa shape index (κ3) is 6.27. The number of likely N-dealkylation sites (tertiary alicyclic amines) is 1. The van der Waals surface area contributed by atoms with Crippen molar-refractivity contribution in [2.24, 2.45) is 4.99 Å². The van der Waals surface area contributed by atoms with Gasteiger partial charge in [0.15, 0.2) is 0 Å². The van der Waals surface area contributed by atoms with Gasteiger partial charge in [0, 0.05) is 62.6 Å². The van der Waals surface area contributed by atoms with E-state index in [0.717, 1.165) is 25.1 Å². The molecule has 2 aromatic carbocycles. The number of fused-ring (bicyclic) bond motifs is 3. The van der Waals surface area contributed by atoms with E-state index in [9.17, 15) is 27.2 Å². The molecule has 3 amide bonds. The van der Waals surface area contributed by atoms with Crippen molar-refractivity contribution in [1.82, 2.24) is 14.7 Å². The molecule has 2 aromatic rings. The predicted octanol–water partition coefficient (Wildman–Crippen LogP) is 5.52. The van der Waals surface area contributed by atoms with Gasteiger partial charge in [-0.3, -0.25) is 19.6 Å². The van der Waals surface area contributed by atoms with E-state index in [1.165, 1.54) is 31.2 Å². The number of hydrogen-bond acceptors (Lipinski definition) is 5. The van der Waals surface area contributed by atoms with Gasteiger partial charge in [-0.15, -0.1) is 0 Å². The number of para-hydroxylation sites is 1. The van der Waals surface area contributed by atoms with E-state index in [2.05, 4.69) is 15.2 Å². The summed E-state index contributed by atoms with van der Waals surface area (Å²) in [7, 11) is 0. The highest BCUT2D eigenvalue weighted by molar-refractivity contribution is 6.01. The molecule has 1 N–H and O–H groups in total. The number of halogens is 4. The minimum Gasteiger partial charge on any atom is -0.344 e. The summed E-state index contributed by atoms with van der Waals surface area (Å²) in [5.41, 5.74) is 1.24. The summed E-state index contributed by atoms with van der Waals surface area (Å²) in [5, 5.41) is 2.85. The van der Waals surface area contributed by atoms with Crippen molar-refractivity contribution in [3.05, 3.63) is 60.4 Å². The smallest absolute Gasteiger partial charge is 0.344 e. The average molecular weight is 615 g/mol. The Morgan fingerprint density at radius 1 is 0.977 bits per heavy atom. The van der Waals surface area contributed by atoms with E-state index in [4.69, 9.17) is 0 Å². The van der Waals surface area contributed by atoms with Gasteiger partial charge < -0.3 is 15.1 Å². The number of urea groups is 1. The summed E-state index contributed by atoms with van der Waals surface area (Å²) in [6.07, 6.45) is -0.214. The largest absolute Gasteiger partial charge is 0.449 e. The lowest BCUT2D eigenvalue weighted by molar-refractivity contribution is -0.130. The summed E-state index contributed by atoms with van der Waals surface area (Å²) >= 11 is 0. The fourth-order valence-electron chi connectivity index (χ4n) is 7.63. The average Bonchev–Trinajstić information content (AvgIpc) is 3.50. The van der Waals surface area contributed by atoms with Crippen molar-refractivity contribution in [3.8, 4) is 0 Å². The molecule has 4 heterocycles. The highest BCUT2D eigenvalue weighted by atomic mass is 19.4. The number of alkyl halides is 3. The summed E-state index contributed by atoms with van der Waals surface area (Å²) in [6, 6.07) is 13.9. The number of amidine groups is 1. The summed E-state index contributed by atoms with van der Waals surface area (Å²) in [6.45, 7) is 3.31. The Kier molecular flexibility index (Phi) is 8.54. The molecule has 4 aliphatic heterocycles. The molecule has 0 saturated carbocycles. The van der Waals surface area contributed by atoms with E-state index in [-0.39, 0.29) is 48.5 Å². The van der Waals surface area contributed by atoms with Crippen LogP contribution in [0.25, 0.3) is 0 Å². The Balaban J connectivity index is 1.10. The van der Waals surface area contributed by atoms with Crippen molar-refractivity contribution >= 4 is 29.1 Å². The maximum absolute atomic E-state index is 14.2. The zero-order chi connectivity index (χ0) is 31.0. The summed E-state index contributed by atoms with van der Waals surface area (Å²) in [4.78, 5) is 36.6. The standard InChI is InChI=1S/C32H38F4N6O2/c1-21(43)39-17-14-29-28(20-39)38-30(32(34,35)36)42(29)27-18-25-12-13-26(19-27)40(25)15-5-16-41(24-6-3-2-4-7-24)31(44)37-23-10-8-22(33)9-11-23/h2-4,6-11,25-29H,5,12-20H2,1H3,(H,37,44)/t25-,26+,27?,28?,29?. The van der Waals surface area contributed by atoms with Crippen LogP contribution in [0.1, 0.15) is 45.4 Å². The molecule has 3 fully saturated rings. The minimum absolute atomic E-state index is 0.129. The van der Waals surface area contributed by atoms with Crippen molar-refractivity contribution in [2.75, 3.05) is 36.4 Å². The molecular formula is C32H38F4N6O2. The number of amides is 3.